The second kappa shape index (κ2) is 6.20. The monoisotopic (exact) mass is 309 g/mol. The number of nitrogens with zero attached hydrogens (tertiary/aromatic N) is 6. The molecule has 3 aromatic rings. The van der Waals surface area contributed by atoms with Crippen LogP contribution < -0.4 is 10.2 Å². The van der Waals surface area contributed by atoms with Crippen LogP contribution in [-0.4, -0.2) is 38.3 Å². The van der Waals surface area contributed by atoms with E-state index in [9.17, 15) is 0 Å². The van der Waals surface area contributed by atoms with Gasteiger partial charge in [0.15, 0.2) is 11.5 Å². The van der Waals surface area contributed by atoms with E-state index in [-0.39, 0.29) is 0 Å². The SMILES string of the molecule is c1cc(Nc2ccc3nnnn3n2)cc(N2CCCCCC2)c1. The average Bonchev–Trinajstić information content (AvgIpc) is 2.87. The molecule has 1 aromatic carbocycles. The molecule has 1 fully saturated rings. The molecule has 0 atom stereocenters. The number of anilines is 3. The van der Waals surface area contributed by atoms with Crippen LogP contribution in [0.3, 0.4) is 0 Å². The molecule has 0 aliphatic carbocycles. The van der Waals surface area contributed by atoms with Crippen LogP contribution >= 0.6 is 0 Å². The molecule has 0 spiro atoms. The highest BCUT2D eigenvalue weighted by Gasteiger charge is 2.10. The van der Waals surface area contributed by atoms with Crippen LogP contribution in [0.1, 0.15) is 25.7 Å². The highest BCUT2D eigenvalue weighted by Crippen LogP contribution is 2.24. The Morgan fingerprint density at radius 1 is 0.957 bits per heavy atom. The Morgan fingerprint density at radius 2 is 1.83 bits per heavy atom. The van der Waals surface area contributed by atoms with Crippen LogP contribution in [0.5, 0.6) is 0 Å². The van der Waals surface area contributed by atoms with Crippen molar-refractivity contribution in [2.45, 2.75) is 25.7 Å². The topological polar surface area (TPSA) is 71.2 Å². The fourth-order valence-corrected chi connectivity index (χ4v) is 2.97. The molecule has 0 saturated carbocycles. The van der Waals surface area contributed by atoms with Gasteiger partial charge in [-0.1, -0.05) is 18.9 Å². The van der Waals surface area contributed by atoms with E-state index < -0.39 is 0 Å². The summed E-state index contributed by atoms with van der Waals surface area (Å²) < 4.78 is 1.42. The second-order valence-corrected chi connectivity index (χ2v) is 5.82. The van der Waals surface area contributed by atoms with Gasteiger partial charge < -0.3 is 10.2 Å². The van der Waals surface area contributed by atoms with Crippen molar-refractivity contribution in [3.05, 3.63) is 36.4 Å². The first-order chi connectivity index (χ1) is 11.4. The minimum Gasteiger partial charge on any atom is -0.371 e. The average molecular weight is 309 g/mol. The highest BCUT2D eigenvalue weighted by atomic mass is 15.6. The Kier molecular flexibility index (Phi) is 3.75. The number of hydrogen-bond acceptors (Lipinski definition) is 6. The van der Waals surface area contributed by atoms with Gasteiger partial charge in [-0.2, -0.15) is 0 Å². The van der Waals surface area contributed by atoms with Crippen molar-refractivity contribution in [3.63, 3.8) is 0 Å². The fraction of sp³-hybridized carbons (Fsp3) is 0.375. The number of aromatic nitrogens is 5. The Balaban J connectivity index is 1.55. The van der Waals surface area contributed by atoms with E-state index in [1.165, 1.54) is 36.0 Å². The summed E-state index contributed by atoms with van der Waals surface area (Å²) in [4.78, 5) is 2.47. The summed E-state index contributed by atoms with van der Waals surface area (Å²) in [7, 11) is 0. The quantitative estimate of drug-likeness (QED) is 0.802. The maximum Gasteiger partial charge on any atom is 0.200 e. The molecule has 0 amide bonds. The molecule has 118 valence electrons. The largest absolute Gasteiger partial charge is 0.371 e. The lowest BCUT2D eigenvalue weighted by Gasteiger charge is -2.23. The number of fused-ring (bicyclic) bond motifs is 1. The van der Waals surface area contributed by atoms with Crippen molar-refractivity contribution >= 4 is 22.8 Å². The summed E-state index contributed by atoms with van der Waals surface area (Å²) in [6, 6.07) is 12.2. The third-order valence-corrected chi connectivity index (χ3v) is 4.16. The molecule has 23 heavy (non-hydrogen) atoms. The lowest BCUT2D eigenvalue weighted by Crippen LogP contribution is -2.23. The predicted molar refractivity (Wildman–Crippen MR) is 89.0 cm³/mol. The van der Waals surface area contributed by atoms with Gasteiger partial charge in [0, 0.05) is 24.5 Å². The summed E-state index contributed by atoms with van der Waals surface area (Å²) in [5.74, 6) is 0.720. The van der Waals surface area contributed by atoms with Crippen LogP contribution in [0.4, 0.5) is 17.2 Å². The molecule has 4 rings (SSSR count). The Morgan fingerprint density at radius 3 is 2.70 bits per heavy atom. The molecule has 3 heterocycles. The molecule has 1 aliphatic heterocycles. The zero-order chi connectivity index (χ0) is 15.5. The summed E-state index contributed by atoms with van der Waals surface area (Å²) in [5, 5.41) is 18.9. The maximum atomic E-state index is 4.34. The number of tetrazole rings is 1. The van der Waals surface area contributed by atoms with Crippen LogP contribution in [-0.2, 0) is 0 Å². The second-order valence-electron chi connectivity index (χ2n) is 5.82. The Hall–Kier alpha value is -2.70. The van der Waals surface area contributed by atoms with E-state index in [4.69, 9.17) is 0 Å². The van der Waals surface area contributed by atoms with Crippen LogP contribution in [0.15, 0.2) is 36.4 Å². The smallest absolute Gasteiger partial charge is 0.200 e. The van der Waals surface area contributed by atoms with Gasteiger partial charge in [-0.05, 0) is 53.6 Å². The van der Waals surface area contributed by atoms with E-state index in [0.717, 1.165) is 24.6 Å². The molecule has 1 saturated heterocycles. The van der Waals surface area contributed by atoms with Crippen molar-refractivity contribution < 1.29 is 0 Å². The first-order valence-corrected chi connectivity index (χ1v) is 8.06. The van der Waals surface area contributed by atoms with Gasteiger partial charge >= 0.3 is 0 Å². The minimum atomic E-state index is 0.633. The summed E-state index contributed by atoms with van der Waals surface area (Å²) in [6.45, 7) is 2.27. The lowest BCUT2D eigenvalue weighted by atomic mass is 10.2. The fourth-order valence-electron chi connectivity index (χ4n) is 2.97. The number of rotatable bonds is 3. The van der Waals surface area contributed by atoms with Crippen molar-refractivity contribution in [3.8, 4) is 0 Å². The van der Waals surface area contributed by atoms with E-state index in [1.807, 2.05) is 18.2 Å². The van der Waals surface area contributed by atoms with Gasteiger partial charge in [-0.3, -0.25) is 0 Å². The normalized spacial score (nSPS) is 15.6. The lowest BCUT2D eigenvalue weighted by molar-refractivity contribution is 0.726. The summed E-state index contributed by atoms with van der Waals surface area (Å²) >= 11 is 0. The van der Waals surface area contributed by atoms with Crippen LogP contribution in [0, 0.1) is 0 Å². The first-order valence-electron chi connectivity index (χ1n) is 8.06. The van der Waals surface area contributed by atoms with Gasteiger partial charge in [0.2, 0.25) is 0 Å². The number of hydrogen-bond donors (Lipinski definition) is 1. The molecule has 1 N–H and O–H groups in total. The molecular formula is C16H19N7. The van der Waals surface area contributed by atoms with Crippen molar-refractivity contribution in [2.24, 2.45) is 0 Å². The standard InChI is InChI=1S/C16H19N7/c1-2-4-11-22(10-3-1)14-7-5-6-13(12-14)17-15-8-9-16-18-20-21-23(16)19-15/h5-9,12H,1-4,10-11H2,(H,17,19). The molecule has 7 nitrogen and oxygen atoms in total. The molecule has 0 unspecified atom stereocenters. The van der Waals surface area contributed by atoms with Crippen LogP contribution in [0.2, 0.25) is 0 Å². The van der Waals surface area contributed by atoms with Gasteiger partial charge in [0.05, 0.1) is 0 Å². The zero-order valence-electron chi connectivity index (χ0n) is 12.9. The van der Waals surface area contributed by atoms with Crippen molar-refractivity contribution in [1.29, 1.82) is 0 Å². The van der Waals surface area contributed by atoms with E-state index in [0.29, 0.717) is 5.65 Å². The van der Waals surface area contributed by atoms with Gasteiger partial charge in [-0.25, -0.2) is 0 Å². The van der Waals surface area contributed by atoms with Gasteiger partial charge in [-0.15, -0.1) is 14.8 Å². The van der Waals surface area contributed by atoms with Gasteiger partial charge in [0.1, 0.15) is 0 Å². The van der Waals surface area contributed by atoms with E-state index in [1.54, 1.807) is 0 Å². The molecule has 1 aliphatic rings. The molecule has 0 bridgehead atoms. The number of benzene rings is 1. The molecular weight excluding hydrogens is 290 g/mol. The molecule has 0 radical (unpaired) electrons. The Labute approximate surface area is 134 Å². The van der Waals surface area contributed by atoms with Crippen molar-refractivity contribution in [1.82, 2.24) is 25.3 Å². The third kappa shape index (κ3) is 3.08. The highest BCUT2D eigenvalue weighted by molar-refractivity contribution is 5.63. The van der Waals surface area contributed by atoms with Crippen LogP contribution in [0.25, 0.3) is 5.65 Å². The Bertz CT molecular complexity index is 790. The summed E-state index contributed by atoms with van der Waals surface area (Å²) in [5.41, 5.74) is 2.92. The molecule has 7 heteroatoms. The molecule has 2 aromatic heterocycles. The number of nitrogens with one attached hydrogen (secondary N) is 1. The maximum absolute atomic E-state index is 4.34. The van der Waals surface area contributed by atoms with Crippen molar-refractivity contribution in [2.75, 3.05) is 23.3 Å². The van der Waals surface area contributed by atoms with E-state index in [2.05, 4.69) is 49.0 Å². The van der Waals surface area contributed by atoms with E-state index >= 15 is 0 Å². The minimum absolute atomic E-state index is 0.633. The zero-order valence-corrected chi connectivity index (χ0v) is 12.9. The first kappa shape index (κ1) is 13.9. The third-order valence-electron chi connectivity index (χ3n) is 4.16. The summed E-state index contributed by atoms with van der Waals surface area (Å²) in [6.07, 6.45) is 5.22. The predicted octanol–water partition coefficient (Wildman–Crippen LogP) is 2.64. The van der Waals surface area contributed by atoms with Gasteiger partial charge in [0.25, 0.3) is 0 Å².